The molecule has 0 amide bonds. The van der Waals surface area contributed by atoms with Gasteiger partial charge in [0.25, 0.3) is 0 Å². The summed E-state index contributed by atoms with van der Waals surface area (Å²) in [5.74, 6) is 0.659. The number of hydrogen-bond donors (Lipinski definition) is 1. The van der Waals surface area contributed by atoms with E-state index < -0.39 is 0 Å². The lowest BCUT2D eigenvalue weighted by molar-refractivity contribution is 0.243. The molecule has 0 spiro atoms. The Morgan fingerprint density at radius 3 is 2.73 bits per heavy atom. The van der Waals surface area contributed by atoms with Crippen molar-refractivity contribution in [3.05, 3.63) is 28.8 Å². The number of hydrogen-bond acceptors (Lipinski definition) is 3. The predicted molar refractivity (Wildman–Crippen MR) is 61.4 cm³/mol. The van der Waals surface area contributed by atoms with Gasteiger partial charge in [-0.2, -0.15) is 0 Å². The molecule has 0 saturated carbocycles. The predicted octanol–water partition coefficient (Wildman–Crippen LogP) is 1.77. The summed E-state index contributed by atoms with van der Waals surface area (Å²) in [5.41, 5.74) is 0.651. The molecular formula is C11H16ClNO2. The largest absolute Gasteiger partial charge is 0.492 e. The highest BCUT2D eigenvalue weighted by Gasteiger charge is 2.06. The van der Waals surface area contributed by atoms with Gasteiger partial charge < -0.3 is 14.7 Å². The van der Waals surface area contributed by atoms with E-state index in [9.17, 15) is 0 Å². The number of ether oxygens (including phenoxy) is 1. The molecule has 0 aliphatic carbocycles. The number of halogens is 1. The Hall–Kier alpha value is -0.770. The first-order valence-electron chi connectivity index (χ1n) is 4.81. The third-order valence-electron chi connectivity index (χ3n) is 2.03. The van der Waals surface area contributed by atoms with Gasteiger partial charge in [0, 0.05) is 17.1 Å². The second-order valence-corrected chi connectivity index (χ2v) is 3.93. The highest BCUT2D eigenvalue weighted by atomic mass is 35.5. The molecule has 0 radical (unpaired) electrons. The molecule has 0 heterocycles. The van der Waals surface area contributed by atoms with Crippen LogP contribution < -0.4 is 4.74 Å². The van der Waals surface area contributed by atoms with Gasteiger partial charge in [-0.1, -0.05) is 17.7 Å². The maximum atomic E-state index is 9.13. The fourth-order valence-electron chi connectivity index (χ4n) is 1.17. The number of nitrogens with zero attached hydrogens (tertiary/aromatic N) is 1. The van der Waals surface area contributed by atoms with Crippen LogP contribution in [0, 0.1) is 0 Å². The van der Waals surface area contributed by atoms with Crippen LogP contribution in [0.5, 0.6) is 5.75 Å². The lowest BCUT2D eigenvalue weighted by Crippen LogP contribution is -2.19. The molecular weight excluding hydrogens is 214 g/mol. The number of benzene rings is 1. The van der Waals surface area contributed by atoms with Crippen LogP contribution >= 0.6 is 11.6 Å². The fraction of sp³-hybridized carbons (Fsp3) is 0.455. The highest BCUT2D eigenvalue weighted by molar-refractivity contribution is 6.31. The van der Waals surface area contributed by atoms with Gasteiger partial charge in [0.15, 0.2) is 0 Å². The van der Waals surface area contributed by atoms with E-state index in [1.165, 1.54) is 0 Å². The van der Waals surface area contributed by atoms with Crippen LogP contribution in [-0.4, -0.2) is 37.3 Å². The van der Waals surface area contributed by atoms with Crippen molar-refractivity contribution in [2.75, 3.05) is 27.2 Å². The van der Waals surface area contributed by atoms with E-state index in [0.29, 0.717) is 22.9 Å². The second-order valence-electron chi connectivity index (χ2n) is 3.53. The summed E-state index contributed by atoms with van der Waals surface area (Å²) in [7, 11) is 3.96. The first-order chi connectivity index (χ1) is 7.15. The van der Waals surface area contributed by atoms with Crippen molar-refractivity contribution in [1.29, 1.82) is 0 Å². The molecule has 1 aromatic carbocycles. The van der Waals surface area contributed by atoms with Crippen LogP contribution in [0.3, 0.4) is 0 Å². The molecule has 84 valence electrons. The zero-order valence-corrected chi connectivity index (χ0v) is 9.79. The molecule has 4 heteroatoms. The van der Waals surface area contributed by atoms with E-state index in [1.807, 2.05) is 31.1 Å². The van der Waals surface area contributed by atoms with Gasteiger partial charge in [-0.05, 0) is 26.2 Å². The van der Waals surface area contributed by atoms with Crippen LogP contribution in [0.4, 0.5) is 0 Å². The topological polar surface area (TPSA) is 32.7 Å². The van der Waals surface area contributed by atoms with Crippen molar-refractivity contribution >= 4 is 11.6 Å². The van der Waals surface area contributed by atoms with E-state index in [2.05, 4.69) is 0 Å². The summed E-state index contributed by atoms with van der Waals surface area (Å²) >= 11 is 5.92. The molecule has 0 unspecified atom stereocenters. The SMILES string of the molecule is CN(C)CCOc1cccc(Cl)c1CO. The number of likely N-dealkylation sites (N-methyl/N-ethyl adjacent to an activating group) is 1. The zero-order chi connectivity index (χ0) is 11.3. The normalized spacial score (nSPS) is 10.7. The minimum absolute atomic E-state index is 0.100. The average molecular weight is 230 g/mol. The Kier molecular flexibility index (Phi) is 4.88. The van der Waals surface area contributed by atoms with Gasteiger partial charge in [0.2, 0.25) is 0 Å². The number of rotatable bonds is 5. The first kappa shape index (κ1) is 12.3. The molecule has 1 N–H and O–H groups in total. The van der Waals surface area contributed by atoms with Gasteiger partial charge in [0.05, 0.1) is 6.61 Å². The smallest absolute Gasteiger partial charge is 0.126 e. The molecule has 1 aromatic rings. The van der Waals surface area contributed by atoms with Crippen molar-refractivity contribution in [2.24, 2.45) is 0 Å². The monoisotopic (exact) mass is 229 g/mol. The van der Waals surface area contributed by atoms with E-state index in [0.717, 1.165) is 6.54 Å². The molecule has 3 nitrogen and oxygen atoms in total. The minimum atomic E-state index is -0.100. The Morgan fingerprint density at radius 2 is 2.13 bits per heavy atom. The van der Waals surface area contributed by atoms with Crippen LogP contribution in [0.2, 0.25) is 5.02 Å². The second kappa shape index (κ2) is 5.95. The van der Waals surface area contributed by atoms with E-state index in [1.54, 1.807) is 6.07 Å². The van der Waals surface area contributed by atoms with Crippen molar-refractivity contribution in [2.45, 2.75) is 6.61 Å². The van der Waals surface area contributed by atoms with Gasteiger partial charge in [-0.25, -0.2) is 0 Å². The number of aliphatic hydroxyl groups excluding tert-OH is 1. The van der Waals surface area contributed by atoms with E-state index in [-0.39, 0.29) is 6.61 Å². The summed E-state index contributed by atoms with van der Waals surface area (Å²) in [4.78, 5) is 2.03. The average Bonchev–Trinajstić information content (AvgIpc) is 2.17. The Labute approximate surface area is 95.2 Å². The van der Waals surface area contributed by atoms with Crippen molar-refractivity contribution < 1.29 is 9.84 Å². The molecule has 0 fully saturated rings. The minimum Gasteiger partial charge on any atom is -0.492 e. The van der Waals surface area contributed by atoms with Crippen molar-refractivity contribution in [1.82, 2.24) is 4.90 Å². The summed E-state index contributed by atoms with van der Waals surface area (Å²) in [6.45, 7) is 1.31. The van der Waals surface area contributed by atoms with Gasteiger partial charge in [0.1, 0.15) is 12.4 Å². The molecule has 0 atom stereocenters. The highest BCUT2D eigenvalue weighted by Crippen LogP contribution is 2.26. The molecule has 0 aromatic heterocycles. The molecule has 15 heavy (non-hydrogen) atoms. The zero-order valence-electron chi connectivity index (χ0n) is 9.03. The summed E-state index contributed by atoms with van der Waals surface area (Å²) < 4.78 is 5.53. The summed E-state index contributed by atoms with van der Waals surface area (Å²) in [6.07, 6.45) is 0. The summed E-state index contributed by atoms with van der Waals surface area (Å²) in [5, 5.41) is 9.67. The fourth-order valence-corrected chi connectivity index (χ4v) is 1.39. The van der Waals surface area contributed by atoms with Gasteiger partial charge in [-0.3, -0.25) is 0 Å². The maximum Gasteiger partial charge on any atom is 0.126 e. The van der Waals surface area contributed by atoms with Crippen LogP contribution in [0.25, 0.3) is 0 Å². The molecule has 0 aliphatic heterocycles. The van der Waals surface area contributed by atoms with Crippen LogP contribution in [-0.2, 0) is 6.61 Å². The van der Waals surface area contributed by atoms with E-state index >= 15 is 0 Å². The maximum absolute atomic E-state index is 9.13. The molecule has 0 saturated heterocycles. The van der Waals surface area contributed by atoms with Crippen LogP contribution in [0.15, 0.2) is 18.2 Å². The van der Waals surface area contributed by atoms with Crippen molar-refractivity contribution in [3.63, 3.8) is 0 Å². The third kappa shape index (κ3) is 3.70. The Bertz CT molecular complexity index is 315. The van der Waals surface area contributed by atoms with Crippen molar-refractivity contribution in [3.8, 4) is 5.75 Å². The van der Waals surface area contributed by atoms with Gasteiger partial charge in [-0.15, -0.1) is 0 Å². The Morgan fingerprint density at radius 1 is 1.40 bits per heavy atom. The molecule has 0 aliphatic rings. The first-order valence-corrected chi connectivity index (χ1v) is 5.18. The Balaban J connectivity index is 2.64. The number of aliphatic hydroxyl groups is 1. The van der Waals surface area contributed by atoms with Gasteiger partial charge >= 0.3 is 0 Å². The quantitative estimate of drug-likeness (QED) is 0.836. The molecule has 0 bridgehead atoms. The summed E-state index contributed by atoms with van der Waals surface area (Å²) in [6, 6.07) is 5.37. The lowest BCUT2D eigenvalue weighted by Gasteiger charge is -2.13. The van der Waals surface area contributed by atoms with Crippen LogP contribution in [0.1, 0.15) is 5.56 Å². The molecule has 1 rings (SSSR count). The van der Waals surface area contributed by atoms with E-state index in [4.69, 9.17) is 21.4 Å². The third-order valence-corrected chi connectivity index (χ3v) is 2.38. The standard InChI is InChI=1S/C11H16ClNO2/c1-13(2)6-7-15-11-5-3-4-10(12)9(11)8-14/h3-5,14H,6-8H2,1-2H3. The lowest BCUT2D eigenvalue weighted by atomic mass is 10.2.